The van der Waals surface area contributed by atoms with Crippen LogP contribution in [0.15, 0.2) is 18.2 Å². The lowest BCUT2D eigenvalue weighted by atomic mass is 9.89. The number of rotatable bonds is 5. The molecule has 4 heteroatoms. The molecule has 1 N–H and O–H groups in total. The SMILES string of the molecule is O=C(CC(C(=O)O)N1CCCCC1)c1ccc2c(c1)CCCC2. The van der Waals surface area contributed by atoms with Crippen molar-refractivity contribution in [3.63, 3.8) is 0 Å². The molecule has 1 fully saturated rings. The standard InChI is InChI=1S/C19H25NO3/c21-18(13-17(19(22)23)20-10-4-1-5-11-20)16-9-8-14-6-2-3-7-15(14)12-16/h8-9,12,17H,1-7,10-11,13H2,(H,22,23). The minimum atomic E-state index is -0.877. The fraction of sp³-hybridized carbons (Fsp3) is 0.579. The molecule has 0 spiro atoms. The van der Waals surface area contributed by atoms with E-state index in [2.05, 4.69) is 6.07 Å². The van der Waals surface area contributed by atoms with Gasteiger partial charge in [0.15, 0.2) is 5.78 Å². The lowest BCUT2D eigenvalue weighted by molar-refractivity contribution is -0.143. The predicted octanol–water partition coefficient (Wildman–Crippen LogP) is 3.08. The van der Waals surface area contributed by atoms with Crippen LogP contribution in [0.2, 0.25) is 0 Å². The second kappa shape index (κ2) is 7.26. The van der Waals surface area contributed by atoms with E-state index in [1.165, 1.54) is 24.0 Å². The maximum atomic E-state index is 12.6. The smallest absolute Gasteiger partial charge is 0.321 e. The van der Waals surface area contributed by atoms with Gasteiger partial charge in [-0.2, -0.15) is 0 Å². The van der Waals surface area contributed by atoms with Crippen molar-refractivity contribution in [2.24, 2.45) is 0 Å². The van der Waals surface area contributed by atoms with Crippen LogP contribution in [0, 0.1) is 0 Å². The van der Waals surface area contributed by atoms with Gasteiger partial charge in [-0.1, -0.05) is 18.6 Å². The summed E-state index contributed by atoms with van der Waals surface area (Å²) in [5.41, 5.74) is 3.29. The molecule has 0 aromatic heterocycles. The van der Waals surface area contributed by atoms with Crippen molar-refractivity contribution < 1.29 is 14.7 Å². The number of nitrogens with zero attached hydrogens (tertiary/aromatic N) is 1. The molecule has 1 aromatic carbocycles. The van der Waals surface area contributed by atoms with Crippen molar-refractivity contribution in [1.82, 2.24) is 4.90 Å². The third kappa shape index (κ3) is 3.81. The van der Waals surface area contributed by atoms with Gasteiger partial charge in [0, 0.05) is 12.0 Å². The van der Waals surface area contributed by atoms with Crippen molar-refractivity contribution in [2.75, 3.05) is 13.1 Å². The molecule has 23 heavy (non-hydrogen) atoms. The summed E-state index contributed by atoms with van der Waals surface area (Å²) < 4.78 is 0. The Bertz CT molecular complexity index is 590. The highest BCUT2D eigenvalue weighted by atomic mass is 16.4. The van der Waals surface area contributed by atoms with Gasteiger partial charge in [-0.3, -0.25) is 14.5 Å². The van der Waals surface area contributed by atoms with Crippen LogP contribution in [0.25, 0.3) is 0 Å². The molecule has 1 unspecified atom stereocenters. The Hall–Kier alpha value is -1.68. The van der Waals surface area contributed by atoms with Crippen LogP contribution in [0.3, 0.4) is 0 Å². The zero-order valence-electron chi connectivity index (χ0n) is 13.6. The largest absolute Gasteiger partial charge is 0.480 e. The summed E-state index contributed by atoms with van der Waals surface area (Å²) in [5.74, 6) is -0.922. The van der Waals surface area contributed by atoms with Gasteiger partial charge in [0.05, 0.1) is 0 Å². The lowest BCUT2D eigenvalue weighted by Gasteiger charge is -2.31. The molecule has 1 aliphatic carbocycles. The van der Waals surface area contributed by atoms with Crippen molar-refractivity contribution in [3.8, 4) is 0 Å². The number of piperidine rings is 1. The van der Waals surface area contributed by atoms with Crippen LogP contribution in [-0.2, 0) is 17.6 Å². The van der Waals surface area contributed by atoms with Crippen LogP contribution < -0.4 is 0 Å². The van der Waals surface area contributed by atoms with Gasteiger partial charge in [-0.05, 0) is 68.8 Å². The summed E-state index contributed by atoms with van der Waals surface area (Å²) in [5, 5.41) is 9.52. The van der Waals surface area contributed by atoms with Crippen molar-refractivity contribution in [3.05, 3.63) is 34.9 Å². The average Bonchev–Trinajstić information content (AvgIpc) is 2.59. The first-order valence-electron chi connectivity index (χ1n) is 8.77. The number of fused-ring (bicyclic) bond motifs is 1. The van der Waals surface area contributed by atoms with E-state index in [-0.39, 0.29) is 12.2 Å². The van der Waals surface area contributed by atoms with Gasteiger partial charge < -0.3 is 5.11 Å². The van der Waals surface area contributed by atoms with Crippen molar-refractivity contribution >= 4 is 11.8 Å². The maximum Gasteiger partial charge on any atom is 0.321 e. The van der Waals surface area contributed by atoms with Crippen LogP contribution in [0.4, 0.5) is 0 Å². The Morgan fingerprint density at radius 3 is 2.39 bits per heavy atom. The third-order valence-electron chi connectivity index (χ3n) is 5.17. The number of ketones is 1. The molecule has 4 nitrogen and oxygen atoms in total. The number of Topliss-reactive ketones (excluding diaryl/α,β-unsaturated/α-hetero) is 1. The average molecular weight is 315 g/mol. The lowest BCUT2D eigenvalue weighted by Crippen LogP contribution is -2.45. The van der Waals surface area contributed by atoms with Gasteiger partial charge >= 0.3 is 5.97 Å². The molecule has 1 atom stereocenters. The molecular weight excluding hydrogens is 290 g/mol. The second-order valence-corrected chi connectivity index (χ2v) is 6.77. The Morgan fingerprint density at radius 1 is 1.00 bits per heavy atom. The predicted molar refractivity (Wildman–Crippen MR) is 88.9 cm³/mol. The topological polar surface area (TPSA) is 57.6 Å². The number of likely N-dealkylation sites (tertiary alicyclic amines) is 1. The number of aliphatic carboxylic acids is 1. The van der Waals surface area contributed by atoms with E-state index < -0.39 is 12.0 Å². The number of hydrogen-bond acceptors (Lipinski definition) is 3. The number of carboxylic acid groups (broad SMARTS) is 1. The Balaban J connectivity index is 1.72. The number of hydrogen-bond donors (Lipinski definition) is 1. The molecule has 1 heterocycles. The third-order valence-corrected chi connectivity index (χ3v) is 5.17. The van der Waals surface area contributed by atoms with E-state index >= 15 is 0 Å². The first-order chi connectivity index (χ1) is 11.1. The molecule has 0 bridgehead atoms. The quantitative estimate of drug-likeness (QED) is 0.848. The zero-order valence-corrected chi connectivity index (χ0v) is 13.6. The van der Waals surface area contributed by atoms with Crippen LogP contribution in [-0.4, -0.2) is 40.9 Å². The van der Waals surface area contributed by atoms with Gasteiger partial charge in [0.25, 0.3) is 0 Å². The van der Waals surface area contributed by atoms with Gasteiger partial charge in [-0.15, -0.1) is 0 Å². The van der Waals surface area contributed by atoms with Gasteiger partial charge in [-0.25, -0.2) is 0 Å². The first-order valence-corrected chi connectivity index (χ1v) is 8.77. The zero-order chi connectivity index (χ0) is 16.2. The molecule has 0 radical (unpaired) electrons. The minimum absolute atomic E-state index is 0.0450. The van der Waals surface area contributed by atoms with Crippen LogP contribution in [0.1, 0.15) is 60.0 Å². The van der Waals surface area contributed by atoms with Gasteiger partial charge in [0.2, 0.25) is 0 Å². The van der Waals surface area contributed by atoms with Crippen molar-refractivity contribution in [2.45, 2.75) is 57.4 Å². The highest BCUT2D eigenvalue weighted by Gasteiger charge is 2.29. The molecule has 124 valence electrons. The summed E-state index contributed by atoms with van der Waals surface area (Å²) in [6.07, 6.45) is 7.80. The summed E-state index contributed by atoms with van der Waals surface area (Å²) in [6.45, 7) is 1.57. The highest BCUT2D eigenvalue weighted by Crippen LogP contribution is 2.24. The van der Waals surface area contributed by atoms with E-state index in [4.69, 9.17) is 0 Å². The first kappa shape index (κ1) is 16.2. The van der Waals surface area contributed by atoms with Crippen LogP contribution in [0.5, 0.6) is 0 Å². The number of benzene rings is 1. The van der Waals surface area contributed by atoms with E-state index in [1.54, 1.807) is 0 Å². The van der Waals surface area contributed by atoms with Gasteiger partial charge in [0.1, 0.15) is 6.04 Å². The Labute approximate surface area is 137 Å². The molecule has 2 aliphatic rings. The highest BCUT2D eigenvalue weighted by molar-refractivity contribution is 5.99. The monoisotopic (exact) mass is 315 g/mol. The number of carbonyl (C=O) groups excluding carboxylic acids is 1. The maximum absolute atomic E-state index is 12.6. The molecular formula is C19H25NO3. The Morgan fingerprint density at radius 2 is 1.70 bits per heavy atom. The summed E-state index contributed by atoms with van der Waals surface area (Å²) in [7, 11) is 0. The van der Waals surface area contributed by atoms with Crippen molar-refractivity contribution in [1.29, 1.82) is 0 Å². The molecule has 1 aliphatic heterocycles. The summed E-state index contributed by atoms with van der Waals surface area (Å²) >= 11 is 0. The fourth-order valence-electron chi connectivity index (χ4n) is 3.80. The molecule has 1 aromatic rings. The van der Waals surface area contributed by atoms with E-state index in [9.17, 15) is 14.7 Å². The minimum Gasteiger partial charge on any atom is -0.480 e. The Kier molecular flexibility index (Phi) is 5.11. The molecule has 0 saturated carbocycles. The fourth-order valence-corrected chi connectivity index (χ4v) is 3.80. The molecule has 0 amide bonds. The number of carbonyl (C=O) groups is 2. The normalized spacial score (nSPS) is 19.8. The second-order valence-electron chi connectivity index (χ2n) is 6.77. The van der Waals surface area contributed by atoms with E-state index in [1.807, 2.05) is 17.0 Å². The summed E-state index contributed by atoms with van der Waals surface area (Å²) in [6, 6.07) is 5.24. The molecule has 3 rings (SSSR count). The van der Waals surface area contributed by atoms with Crippen LogP contribution >= 0.6 is 0 Å². The summed E-state index contributed by atoms with van der Waals surface area (Å²) in [4.78, 5) is 26.2. The molecule has 1 saturated heterocycles. The van der Waals surface area contributed by atoms with E-state index in [0.29, 0.717) is 5.56 Å². The number of aryl methyl sites for hydroxylation is 2. The number of carboxylic acids is 1. The van der Waals surface area contributed by atoms with E-state index in [0.717, 1.165) is 45.2 Å².